The summed E-state index contributed by atoms with van der Waals surface area (Å²) in [6.07, 6.45) is 2.46. The minimum atomic E-state index is -0.104. The number of carbonyl (C=O) groups is 1. The molecule has 0 atom stereocenters. The van der Waals surface area contributed by atoms with Crippen molar-refractivity contribution >= 4 is 17.0 Å². The van der Waals surface area contributed by atoms with Crippen molar-refractivity contribution in [1.29, 1.82) is 0 Å². The second kappa shape index (κ2) is 7.72. The fourth-order valence-electron chi connectivity index (χ4n) is 3.46. The summed E-state index contributed by atoms with van der Waals surface area (Å²) >= 11 is 0. The Kier molecular flexibility index (Phi) is 4.98. The monoisotopic (exact) mass is 373 g/mol. The second-order valence-corrected chi connectivity index (χ2v) is 7.04. The van der Waals surface area contributed by atoms with Gasteiger partial charge in [-0.05, 0) is 31.5 Å². The van der Waals surface area contributed by atoms with Crippen molar-refractivity contribution in [3.05, 3.63) is 89.1 Å². The second-order valence-electron chi connectivity index (χ2n) is 7.04. The van der Waals surface area contributed by atoms with Crippen LogP contribution in [0.15, 0.2) is 65.2 Å². The van der Waals surface area contributed by atoms with Gasteiger partial charge in [0.1, 0.15) is 11.5 Å². The van der Waals surface area contributed by atoms with Gasteiger partial charge in [-0.2, -0.15) is 0 Å². The zero-order valence-corrected chi connectivity index (χ0v) is 16.1. The highest BCUT2D eigenvalue weighted by atomic mass is 16.3. The van der Waals surface area contributed by atoms with E-state index in [0.717, 1.165) is 28.1 Å². The number of hydrogen-bond donors (Lipinski definition) is 1. The van der Waals surface area contributed by atoms with Crippen molar-refractivity contribution in [1.82, 2.24) is 14.9 Å². The van der Waals surface area contributed by atoms with Gasteiger partial charge in [0.05, 0.1) is 5.52 Å². The van der Waals surface area contributed by atoms with Crippen LogP contribution in [0.4, 0.5) is 0 Å². The number of nitrogens with zero attached hydrogens (tertiary/aromatic N) is 2. The van der Waals surface area contributed by atoms with Crippen molar-refractivity contribution in [3.8, 4) is 0 Å². The number of carbonyl (C=O) groups excluding carboxylic acids is 1. The molecular weight excluding hydrogens is 350 g/mol. The van der Waals surface area contributed by atoms with Crippen molar-refractivity contribution < 1.29 is 9.21 Å². The summed E-state index contributed by atoms with van der Waals surface area (Å²) in [7, 11) is 0. The molecule has 0 bridgehead atoms. The lowest BCUT2D eigenvalue weighted by Crippen LogP contribution is -2.28. The van der Waals surface area contributed by atoms with Crippen molar-refractivity contribution in [2.24, 2.45) is 0 Å². The van der Waals surface area contributed by atoms with Gasteiger partial charge in [0.15, 0.2) is 5.58 Å². The first-order valence-corrected chi connectivity index (χ1v) is 9.43. The van der Waals surface area contributed by atoms with Crippen LogP contribution < -0.4 is 5.32 Å². The zero-order chi connectivity index (χ0) is 19.5. The molecule has 0 saturated heterocycles. The summed E-state index contributed by atoms with van der Waals surface area (Å²) in [5, 5.41) is 3.01. The third-order valence-electron chi connectivity index (χ3n) is 4.76. The van der Waals surface area contributed by atoms with Gasteiger partial charge in [0, 0.05) is 43.5 Å². The zero-order valence-electron chi connectivity index (χ0n) is 16.1. The maximum Gasteiger partial charge on any atom is 0.268 e. The minimum absolute atomic E-state index is 0.104. The summed E-state index contributed by atoms with van der Waals surface area (Å²) in [4.78, 5) is 17.2. The van der Waals surface area contributed by atoms with E-state index in [1.165, 1.54) is 5.56 Å². The third kappa shape index (κ3) is 3.83. The maximum atomic E-state index is 12.9. The fourth-order valence-corrected chi connectivity index (χ4v) is 3.46. The predicted molar refractivity (Wildman–Crippen MR) is 109 cm³/mol. The molecule has 1 N–H and O–H groups in total. The van der Waals surface area contributed by atoms with Crippen LogP contribution in [0.25, 0.3) is 11.1 Å². The molecule has 1 aromatic carbocycles. The number of nitrogens with one attached hydrogen (secondary N) is 1. The number of hydrogen-bond acceptors (Lipinski definition) is 3. The number of pyridine rings is 1. The van der Waals surface area contributed by atoms with Gasteiger partial charge in [0.25, 0.3) is 5.91 Å². The molecule has 3 heterocycles. The van der Waals surface area contributed by atoms with E-state index in [9.17, 15) is 4.79 Å². The molecule has 28 heavy (non-hydrogen) atoms. The molecule has 0 saturated carbocycles. The Morgan fingerprint density at radius 3 is 2.79 bits per heavy atom. The molecule has 0 radical (unpaired) electrons. The van der Waals surface area contributed by atoms with E-state index in [1.54, 1.807) is 6.20 Å². The summed E-state index contributed by atoms with van der Waals surface area (Å²) in [5.74, 6) is 0.734. The first-order valence-electron chi connectivity index (χ1n) is 9.43. The van der Waals surface area contributed by atoms with Crippen molar-refractivity contribution in [2.75, 3.05) is 6.54 Å². The molecule has 3 aromatic heterocycles. The number of furan rings is 1. The average Bonchev–Trinajstić information content (AvgIpc) is 3.20. The lowest BCUT2D eigenvalue weighted by Gasteiger charge is -2.11. The van der Waals surface area contributed by atoms with Gasteiger partial charge in [-0.3, -0.25) is 9.78 Å². The third-order valence-corrected chi connectivity index (χ3v) is 4.76. The van der Waals surface area contributed by atoms with Crippen LogP contribution in [0, 0.1) is 13.8 Å². The van der Waals surface area contributed by atoms with Crippen molar-refractivity contribution in [3.63, 3.8) is 0 Å². The lowest BCUT2D eigenvalue weighted by atomic mass is 10.1. The normalized spacial score (nSPS) is 11.1. The fraction of sp³-hybridized carbons (Fsp3) is 0.217. The van der Waals surface area contributed by atoms with Crippen LogP contribution in [0.3, 0.4) is 0 Å². The molecule has 0 fully saturated rings. The van der Waals surface area contributed by atoms with Crippen LogP contribution >= 0.6 is 0 Å². The molecule has 142 valence electrons. The Morgan fingerprint density at radius 1 is 1.11 bits per heavy atom. The summed E-state index contributed by atoms with van der Waals surface area (Å²) in [6.45, 7) is 5.14. The molecule has 4 aromatic rings. The van der Waals surface area contributed by atoms with Gasteiger partial charge in [0.2, 0.25) is 0 Å². The number of fused-ring (bicyclic) bond motifs is 1. The molecule has 0 aliphatic carbocycles. The van der Waals surface area contributed by atoms with Crippen LogP contribution in [0.5, 0.6) is 0 Å². The molecule has 0 spiro atoms. The van der Waals surface area contributed by atoms with Crippen LogP contribution in [-0.4, -0.2) is 22.0 Å². The molecule has 1 amide bonds. The molecule has 5 nitrogen and oxygen atoms in total. The first kappa shape index (κ1) is 18.0. The predicted octanol–water partition coefficient (Wildman–Crippen LogP) is 4.27. The molecule has 0 unspecified atom stereocenters. The molecule has 4 rings (SSSR count). The van der Waals surface area contributed by atoms with Crippen LogP contribution in [0.1, 0.15) is 33.1 Å². The smallest absolute Gasteiger partial charge is 0.268 e. The van der Waals surface area contributed by atoms with E-state index in [4.69, 9.17) is 4.42 Å². The highest BCUT2D eigenvalue weighted by Crippen LogP contribution is 2.25. The van der Waals surface area contributed by atoms with Crippen LogP contribution in [-0.2, 0) is 13.0 Å². The SMILES string of the molecule is Cc1cccc(Cn2c(C(=O)NCCc3ccccn3)cc3oc(C)cc32)c1. The van der Waals surface area contributed by atoms with E-state index in [1.807, 2.05) is 47.9 Å². The quantitative estimate of drug-likeness (QED) is 0.549. The average molecular weight is 373 g/mol. The van der Waals surface area contributed by atoms with Gasteiger partial charge in [-0.15, -0.1) is 0 Å². The largest absolute Gasteiger partial charge is 0.460 e. The highest BCUT2D eigenvalue weighted by Gasteiger charge is 2.18. The van der Waals surface area contributed by atoms with Crippen LogP contribution in [0.2, 0.25) is 0 Å². The Balaban J connectivity index is 1.57. The van der Waals surface area contributed by atoms with E-state index < -0.39 is 0 Å². The van der Waals surface area contributed by atoms with Gasteiger partial charge >= 0.3 is 0 Å². The molecule has 0 aliphatic heterocycles. The van der Waals surface area contributed by atoms with E-state index in [0.29, 0.717) is 25.2 Å². The maximum absolute atomic E-state index is 12.9. The standard InChI is InChI=1S/C23H23N3O2/c1-16-6-5-7-18(12-16)15-26-20-13-17(2)28-22(20)14-21(26)23(27)25-11-9-19-8-3-4-10-24-19/h3-8,10,12-14H,9,11,15H2,1-2H3,(H,25,27). The molecule has 0 aliphatic rings. The van der Waals surface area contributed by atoms with Crippen molar-refractivity contribution in [2.45, 2.75) is 26.8 Å². The molecule has 5 heteroatoms. The summed E-state index contributed by atoms with van der Waals surface area (Å²) in [5.41, 5.74) is 5.59. The Morgan fingerprint density at radius 2 is 2.00 bits per heavy atom. The Bertz CT molecular complexity index is 1110. The summed E-state index contributed by atoms with van der Waals surface area (Å²) in [6, 6.07) is 17.9. The number of amides is 1. The first-order chi connectivity index (χ1) is 13.6. The van der Waals surface area contributed by atoms with Gasteiger partial charge < -0.3 is 14.3 Å². The van der Waals surface area contributed by atoms with E-state index in [-0.39, 0.29) is 5.91 Å². The topological polar surface area (TPSA) is 60.1 Å². The summed E-state index contributed by atoms with van der Waals surface area (Å²) < 4.78 is 7.79. The Hall–Kier alpha value is -3.34. The van der Waals surface area contributed by atoms with E-state index in [2.05, 4.69) is 35.4 Å². The Labute approximate surface area is 164 Å². The lowest BCUT2D eigenvalue weighted by molar-refractivity contribution is 0.0945. The highest BCUT2D eigenvalue weighted by molar-refractivity contribution is 5.97. The van der Waals surface area contributed by atoms with Gasteiger partial charge in [-0.25, -0.2) is 0 Å². The number of aromatic nitrogens is 2. The minimum Gasteiger partial charge on any atom is -0.460 e. The number of aryl methyl sites for hydroxylation is 2. The number of benzene rings is 1. The van der Waals surface area contributed by atoms with E-state index >= 15 is 0 Å². The van der Waals surface area contributed by atoms with Gasteiger partial charge in [-0.1, -0.05) is 35.9 Å². The molecular formula is C23H23N3O2. The number of rotatable bonds is 6.